The van der Waals surface area contributed by atoms with Crippen LogP contribution in [0.1, 0.15) is 41.2 Å². The number of rotatable bonds is 6. The molecule has 29 heavy (non-hydrogen) atoms. The topological polar surface area (TPSA) is 54.9 Å². The lowest BCUT2D eigenvalue weighted by molar-refractivity contribution is 0.0816. The van der Waals surface area contributed by atoms with Gasteiger partial charge in [-0.3, -0.25) is 9.78 Å². The van der Waals surface area contributed by atoms with Gasteiger partial charge in [-0.25, -0.2) is 0 Å². The molecule has 4 rings (SSSR count). The fourth-order valence-corrected chi connectivity index (χ4v) is 4.01. The number of piperidine rings is 1. The van der Waals surface area contributed by atoms with E-state index in [9.17, 15) is 4.79 Å². The van der Waals surface area contributed by atoms with Crippen LogP contribution in [0, 0.1) is 0 Å². The van der Waals surface area contributed by atoms with Gasteiger partial charge in [0.05, 0.1) is 12.7 Å². The van der Waals surface area contributed by atoms with E-state index in [0.717, 1.165) is 38.9 Å². The van der Waals surface area contributed by atoms with Crippen molar-refractivity contribution in [1.82, 2.24) is 14.8 Å². The Balaban J connectivity index is 1.27. The Hall–Kier alpha value is -2.86. The Labute approximate surface area is 171 Å². The van der Waals surface area contributed by atoms with Gasteiger partial charge in [0.2, 0.25) is 0 Å². The highest BCUT2D eigenvalue weighted by Crippen LogP contribution is 2.29. The molecule has 0 radical (unpaired) electrons. The van der Waals surface area contributed by atoms with Gasteiger partial charge in [-0.05, 0) is 63.2 Å². The van der Waals surface area contributed by atoms with Crippen LogP contribution in [-0.4, -0.2) is 54.0 Å². The molecule has 6 nitrogen and oxygen atoms in total. The number of pyridine rings is 1. The van der Waals surface area contributed by atoms with Gasteiger partial charge >= 0.3 is 0 Å². The monoisotopic (exact) mass is 393 g/mol. The highest BCUT2D eigenvalue weighted by atomic mass is 16.5. The van der Waals surface area contributed by atoms with Gasteiger partial charge in [-0.2, -0.15) is 0 Å². The molecule has 0 saturated carbocycles. The van der Waals surface area contributed by atoms with E-state index in [0.29, 0.717) is 29.5 Å². The van der Waals surface area contributed by atoms with Crippen molar-refractivity contribution < 1.29 is 14.3 Å². The first kappa shape index (κ1) is 19.5. The zero-order valence-electron chi connectivity index (χ0n) is 16.8. The van der Waals surface area contributed by atoms with E-state index in [1.165, 1.54) is 5.69 Å². The Morgan fingerprint density at radius 1 is 1.17 bits per heavy atom. The summed E-state index contributed by atoms with van der Waals surface area (Å²) in [6.07, 6.45) is 8.38. The summed E-state index contributed by atoms with van der Waals surface area (Å²) < 4.78 is 10.8. The van der Waals surface area contributed by atoms with Crippen LogP contribution in [0.25, 0.3) is 0 Å². The maximum atomic E-state index is 12.9. The minimum atomic E-state index is -0.0368. The zero-order chi connectivity index (χ0) is 20.1. The van der Waals surface area contributed by atoms with Crippen LogP contribution in [0.15, 0.2) is 55.1 Å². The van der Waals surface area contributed by atoms with Gasteiger partial charge < -0.3 is 19.3 Å². The van der Waals surface area contributed by atoms with Crippen molar-refractivity contribution in [3.63, 3.8) is 0 Å². The molecule has 1 aromatic carbocycles. The molecule has 6 heteroatoms. The van der Waals surface area contributed by atoms with Crippen molar-refractivity contribution in [1.29, 1.82) is 0 Å². The minimum Gasteiger partial charge on any atom is -0.497 e. The van der Waals surface area contributed by atoms with E-state index in [2.05, 4.69) is 22.0 Å². The van der Waals surface area contributed by atoms with Crippen molar-refractivity contribution in [3.05, 3.63) is 66.3 Å². The molecule has 0 unspecified atom stereocenters. The van der Waals surface area contributed by atoms with Crippen LogP contribution in [0.2, 0.25) is 0 Å². The lowest BCUT2D eigenvalue weighted by Crippen LogP contribution is -2.35. The first-order chi connectivity index (χ1) is 14.2. The van der Waals surface area contributed by atoms with Gasteiger partial charge in [0, 0.05) is 36.6 Å². The molecule has 2 aliphatic heterocycles. The van der Waals surface area contributed by atoms with Crippen molar-refractivity contribution in [2.75, 3.05) is 33.3 Å². The Kier molecular flexibility index (Phi) is 6.10. The quantitative estimate of drug-likeness (QED) is 0.750. The fraction of sp³-hybridized carbons (Fsp3) is 0.391. The molecule has 0 spiro atoms. The number of amides is 1. The van der Waals surface area contributed by atoms with E-state index in [1.807, 2.05) is 12.3 Å². The van der Waals surface area contributed by atoms with Crippen molar-refractivity contribution in [2.24, 2.45) is 0 Å². The molecular weight excluding hydrogens is 366 g/mol. The predicted molar refractivity (Wildman–Crippen MR) is 111 cm³/mol. The second-order valence-electron chi connectivity index (χ2n) is 7.49. The normalized spacial score (nSPS) is 17.6. The number of benzene rings is 1. The molecule has 152 valence electrons. The van der Waals surface area contributed by atoms with Crippen LogP contribution in [0.3, 0.4) is 0 Å². The minimum absolute atomic E-state index is 0.0368. The smallest absolute Gasteiger partial charge is 0.261 e. The fourth-order valence-electron chi connectivity index (χ4n) is 4.01. The van der Waals surface area contributed by atoms with E-state index in [4.69, 9.17) is 9.47 Å². The summed E-state index contributed by atoms with van der Waals surface area (Å²) in [5.41, 5.74) is 1.77. The van der Waals surface area contributed by atoms with E-state index < -0.39 is 0 Å². The third-order valence-corrected chi connectivity index (χ3v) is 5.68. The summed E-state index contributed by atoms with van der Waals surface area (Å²) >= 11 is 0. The number of hydrogen-bond acceptors (Lipinski definition) is 5. The molecular formula is C23H27N3O3. The van der Waals surface area contributed by atoms with E-state index >= 15 is 0 Å². The molecule has 1 fully saturated rings. The molecule has 2 aromatic rings. The first-order valence-electron chi connectivity index (χ1n) is 10.2. The summed E-state index contributed by atoms with van der Waals surface area (Å²) in [4.78, 5) is 21.6. The summed E-state index contributed by atoms with van der Waals surface area (Å²) in [7, 11) is 1.60. The van der Waals surface area contributed by atoms with Crippen LogP contribution in [0.5, 0.6) is 11.5 Å². The number of carbonyl (C=O) groups is 1. The van der Waals surface area contributed by atoms with E-state index in [1.54, 1.807) is 42.7 Å². The highest BCUT2D eigenvalue weighted by Gasteiger charge is 2.23. The third-order valence-electron chi connectivity index (χ3n) is 5.68. The number of methoxy groups -OCH3 is 1. The van der Waals surface area contributed by atoms with Crippen LogP contribution in [0.4, 0.5) is 0 Å². The summed E-state index contributed by atoms with van der Waals surface area (Å²) in [6, 6.07) is 11.5. The molecule has 2 aliphatic rings. The molecule has 1 saturated heterocycles. The average molecular weight is 393 g/mol. The maximum Gasteiger partial charge on any atom is 0.261 e. The molecule has 0 atom stereocenters. The number of carbonyl (C=O) groups excluding carboxylic acids is 1. The SMILES string of the molecule is COc1ccc2c(c1)OC=CN(CCCN1CCC(c3ccccn3)CC1)C2=O. The van der Waals surface area contributed by atoms with Gasteiger partial charge in [0.25, 0.3) is 5.91 Å². The molecule has 1 amide bonds. The van der Waals surface area contributed by atoms with Crippen LogP contribution in [-0.2, 0) is 0 Å². The number of likely N-dealkylation sites (tertiary alicyclic amines) is 1. The Morgan fingerprint density at radius 2 is 2.03 bits per heavy atom. The van der Waals surface area contributed by atoms with Gasteiger partial charge in [0.1, 0.15) is 17.8 Å². The second kappa shape index (κ2) is 9.09. The Bertz CT molecular complexity index is 861. The second-order valence-corrected chi connectivity index (χ2v) is 7.49. The van der Waals surface area contributed by atoms with Crippen molar-refractivity contribution >= 4 is 5.91 Å². The molecule has 0 N–H and O–H groups in total. The summed E-state index contributed by atoms with van der Waals surface area (Å²) in [6.45, 7) is 3.82. The standard InChI is InChI=1S/C23H27N3O3/c1-28-19-6-7-20-22(17-19)29-16-15-26(23(20)27)12-4-11-25-13-8-18(9-14-25)21-5-2-3-10-24-21/h2-3,5-7,10,15-18H,4,8-9,11-14H2,1H3. The van der Waals surface area contributed by atoms with Crippen LogP contribution >= 0.6 is 0 Å². The molecule has 1 aromatic heterocycles. The number of nitrogens with zero attached hydrogens (tertiary/aromatic N) is 3. The molecule has 0 aliphatic carbocycles. The highest BCUT2D eigenvalue weighted by molar-refractivity contribution is 5.98. The zero-order valence-corrected chi connectivity index (χ0v) is 16.8. The van der Waals surface area contributed by atoms with Crippen molar-refractivity contribution in [3.8, 4) is 11.5 Å². The maximum absolute atomic E-state index is 12.9. The summed E-state index contributed by atoms with van der Waals surface area (Å²) in [5.74, 6) is 1.73. The lowest BCUT2D eigenvalue weighted by Gasteiger charge is -2.32. The molecule has 3 heterocycles. The van der Waals surface area contributed by atoms with Crippen molar-refractivity contribution in [2.45, 2.75) is 25.2 Å². The number of ether oxygens (including phenoxy) is 2. The lowest BCUT2D eigenvalue weighted by atomic mass is 9.93. The Morgan fingerprint density at radius 3 is 2.79 bits per heavy atom. The van der Waals surface area contributed by atoms with E-state index in [-0.39, 0.29) is 5.91 Å². The summed E-state index contributed by atoms with van der Waals surface area (Å²) in [5, 5.41) is 0. The van der Waals surface area contributed by atoms with Crippen LogP contribution < -0.4 is 9.47 Å². The predicted octanol–water partition coefficient (Wildman–Crippen LogP) is 3.67. The number of aromatic nitrogens is 1. The molecule has 0 bridgehead atoms. The average Bonchev–Trinajstić information content (AvgIpc) is 2.93. The van der Waals surface area contributed by atoms with Gasteiger partial charge in [0.15, 0.2) is 0 Å². The number of fused-ring (bicyclic) bond motifs is 1. The van der Waals surface area contributed by atoms with Gasteiger partial charge in [-0.15, -0.1) is 0 Å². The van der Waals surface area contributed by atoms with Gasteiger partial charge in [-0.1, -0.05) is 6.07 Å². The largest absolute Gasteiger partial charge is 0.497 e. The number of hydrogen-bond donors (Lipinski definition) is 0. The first-order valence-corrected chi connectivity index (χ1v) is 10.2. The third kappa shape index (κ3) is 4.59.